The Balaban J connectivity index is 1.59. The van der Waals surface area contributed by atoms with Gasteiger partial charge in [0.25, 0.3) is 0 Å². The standard InChI is InChI=1S/C21H20FN3O4S3/c1-15-23-17(13-30-15)12-25-21(19-7-2-3-8-20(19)32(25,28)29)9-10-24(14-21)31(26,27)18-6-4-5-16(22)11-18/h2-8,11,13H,9-10,12,14H2,1H3/t21-/m0/s1. The second kappa shape index (κ2) is 7.42. The van der Waals surface area contributed by atoms with Crippen molar-refractivity contribution in [1.82, 2.24) is 13.6 Å². The molecule has 1 saturated heterocycles. The van der Waals surface area contributed by atoms with Crippen molar-refractivity contribution in [3.05, 3.63) is 76.0 Å². The van der Waals surface area contributed by atoms with E-state index in [9.17, 15) is 21.2 Å². The van der Waals surface area contributed by atoms with E-state index >= 15 is 0 Å². The molecular formula is C21H20FN3O4S3. The molecule has 5 rings (SSSR count). The fraction of sp³-hybridized carbons (Fsp3) is 0.286. The van der Waals surface area contributed by atoms with Crippen molar-refractivity contribution in [2.75, 3.05) is 13.1 Å². The van der Waals surface area contributed by atoms with Crippen LogP contribution in [0.2, 0.25) is 0 Å². The lowest BCUT2D eigenvalue weighted by molar-refractivity contribution is 0.202. The summed E-state index contributed by atoms with van der Waals surface area (Å²) in [7, 11) is -7.85. The van der Waals surface area contributed by atoms with E-state index in [1.165, 1.54) is 38.1 Å². The molecule has 32 heavy (non-hydrogen) atoms. The topological polar surface area (TPSA) is 87.7 Å². The summed E-state index contributed by atoms with van der Waals surface area (Å²) < 4.78 is 69.9. The second-order valence-corrected chi connectivity index (χ2v) is 12.8. The molecule has 168 valence electrons. The Kier molecular flexibility index (Phi) is 5.02. The van der Waals surface area contributed by atoms with E-state index in [1.54, 1.807) is 24.3 Å². The molecular weight excluding hydrogens is 473 g/mol. The zero-order valence-corrected chi connectivity index (χ0v) is 19.6. The number of nitrogens with zero attached hydrogens (tertiary/aromatic N) is 3. The van der Waals surface area contributed by atoms with Crippen molar-refractivity contribution in [2.24, 2.45) is 0 Å². The monoisotopic (exact) mass is 493 g/mol. The Hall–Kier alpha value is -2.18. The number of thiazole rings is 1. The Morgan fingerprint density at radius 1 is 1.19 bits per heavy atom. The largest absolute Gasteiger partial charge is 0.245 e. The third-order valence-corrected chi connectivity index (χ3v) is 10.7. The molecule has 2 aliphatic heterocycles. The van der Waals surface area contributed by atoms with Crippen molar-refractivity contribution in [2.45, 2.75) is 35.2 Å². The van der Waals surface area contributed by atoms with E-state index in [0.29, 0.717) is 17.7 Å². The van der Waals surface area contributed by atoms with Crippen LogP contribution in [0.5, 0.6) is 0 Å². The van der Waals surface area contributed by atoms with Crippen LogP contribution >= 0.6 is 11.3 Å². The van der Waals surface area contributed by atoms with E-state index in [0.717, 1.165) is 11.1 Å². The van der Waals surface area contributed by atoms with Gasteiger partial charge in [-0.15, -0.1) is 11.3 Å². The third-order valence-electron chi connectivity index (χ3n) is 6.05. The number of aromatic nitrogens is 1. The molecule has 0 amide bonds. The van der Waals surface area contributed by atoms with Crippen LogP contribution in [0.4, 0.5) is 4.39 Å². The number of fused-ring (bicyclic) bond motifs is 2. The molecule has 0 unspecified atom stereocenters. The number of sulfonamides is 2. The summed E-state index contributed by atoms with van der Waals surface area (Å²) in [5, 5.41) is 2.64. The van der Waals surface area contributed by atoms with Gasteiger partial charge in [0, 0.05) is 18.5 Å². The average Bonchev–Trinajstić information content (AvgIpc) is 3.43. The van der Waals surface area contributed by atoms with Crippen LogP contribution in [-0.2, 0) is 32.1 Å². The average molecular weight is 494 g/mol. The number of benzene rings is 2. The quantitative estimate of drug-likeness (QED) is 0.557. The highest BCUT2D eigenvalue weighted by molar-refractivity contribution is 7.89. The van der Waals surface area contributed by atoms with Crippen LogP contribution in [0.1, 0.15) is 22.7 Å². The van der Waals surface area contributed by atoms with Crippen molar-refractivity contribution >= 4 is 31.4 Å². The maximum atomic E-state index is 13.7. The van der Waals surface area contributed by atoms with Crippen molar-refractivity contribution in [3.8, 4) is 0 Å². The molecule has 0 bridgehead atoms. The number of aryl methyl sites for hydroxylation is 1. The van der Waals surface area contributed by atoms with Gasteiger partial charge in [0.1, 0.15) is 5.82 Å². The highest BCUT2D eigenvalue weighted by atomic mass is 32.2. The molecule has 11 heteroatoms. The van der Waals surface area contributed by atoms with Gasteiger partial charge >= 0.3 is 0 Å². The summed E-state index contributed by atoms with van der Waals surface area (Å²) in [5.41, 5.74) is 0.159. The van der Waals surface area contributed by atoms with E-state index in [2.05, 4.69) is 4.98 Å². The van der Waals surface area contributed by atoms with Gasteiger partial charge in [-0.3, -0.25) is 0 Å². The van der Waals surface area contributed by atoms with E-state index < -0.39 is 31.4 Å². The summed E-state index contributed by atoms with van der Waals surface area (Å²) in [6, 6.07) is 11.6. The smallest absolute Gasteiger partial charge is 0.244 e. The van der Waals surface area contributed by atoms with Gasteiger partial charge in [-0.05, 0) is 43.2 Å². The van der Waals surface area contributed by atoms with Crippen molar-refractivity contribution in [3.63, 3.8) is 0 Å². The van der Waals surface area contributed by atoms with Gasteiger partial charge in [-0.1, -0.05) is 24.3 Å². The minimum atomic E-state index is -4.00. The SMILES string of the molecule is Cc1nc(CN2[C@]3(CCN(S(=O)(=O)c4cccc(F)c4)C3)c3ccccc3S2(=O)=O)cs1. The molecule has 0 aliphatic carbocycles. The van der Waals surface area contributed by atoms with Crippen LogP contribution in [0.3, 0.4) is 0 Å². The number of hydrogen-bond acceptors (Lipinski definition) is 6. The predicted molar refractivity (Wildman–Crippen MR) is 117 cm³/mol. The molecule has 7 nitrogen and oxygen atoms in total. The normalized spacial score (nSPS) is 23.1. The van der Waals surface area contributed by atoms with Crippen LogP contribution in [-0.4, -0.2) is 43.5 Å². The summed E-state index contributed by atoms with van der Waals surface area (Å²) >= 11 is 1.43. The van der Waals surface area contributed by atoms with Gasteiger partial charge in [-0.2, -0.15) is 8.61 Å². The summed E-state index contributed by atoms with van der Waals surface area (Å²) in [4.78, 5) is 4.46. The Morgan fingerprint density at radius 3 is 2.69 bits per heavy atom. The third kappa shape index (κ3) is 3.22. The summed E-state index contributed by atoms with van der Waals surface area (Å²) in [5.74, 6) is -0.644. The molecule has 0 N–H and O–H groups in total. The zero-order chi connectivity index (χ0) is 22.7. The van der Waals surface area contributed by atoms with Gasteiger partial charge in [-0.25, -0.2) is 26.2 Å². The fourth-order valence-corrected chi connectivity index (χ4v) is 8.75. The molecule has 1 fully saturated rings. The summed E-state index contributed by atoms with van der Waals surface area (Å²) in [6.45, 7) is 1.97. The zero-order valence-electron chi connectivity index (χ0n) is 17.1. The van der Waals surface area contributed by atoms with E-state index in [-0.39, 0.29) is 29.4 Å². The van der Waals surface area contributed by atoms with Crippen molar-refractivity contribution in [1.29, 1.82) is 0 Å². The predicted octanol–water partition coefficient (Wildman–Crippen LogP) is 3.09. The van der Waals surface area contributed by atoms with Gasteiger partial charge in [0.15, 0.2) is 0 Å². The lowest BCUT2D eigenvalue weighted by Gasteiger charge is -2.33. The molecule has 0 saturated carbocycles. The van der Waals surface area contributed by atoms with Gasteiger partial charge in [0.05, 0.1) is 32.6 Å². The minimum Gasteiger partial charge on any atom is -0.245 e. The maximum Gasteiger partial charge on any atom is 0.244 e. The Labute approximate surface area is 190 Å². The van der Waals surface area contributed by atoms with Crippen LogP contribution < -0.4 is 0 Å². The van der Waals surface area contributed by atoms with Crippen LogP contribution in [0, 0.1) is 12.7 Å². The molecule has 2 aromatic carbocycles. The molecule has 3 heterocycles. The Bertz CT molecular complexity index is 1420. The first-order valence-corrected chi connectivity index (χ1v) is 13.7. The number of halogens is 1. The van der Waals surface area contributed by atoms with E-state index in [4.69, 9.17) is 0 Å². The Morgan fingerprint density at radius 2 is 1.97 bits per heavy atom. The first-order valence-electron chi connectivity index (χ1n) is 9.94. The number of hydrogen-bond donors (Lipinski definition) is 0. The van der Waals surface area contributed by atoms with E-state index in [1.807, 2.05) is 12.3 Å². The van der Waals surface area contributed by atoms with Crippen molar-refractivity contribution < 1.29 is 21.2 Å². The van der Waals surface area contributed by atoms with Crippen LogP contribution in [0.15, 0.2) is 63.7 Å². The molecule has 1 atom stereocenters. The highest BCUT2D eigenvalue weighted by Crippen LogP contribution is 2.50. The maximum absolute atomic E-state index is 13.7. The molecule has 2 aliphatic rings. The lowest BCUT2D eigenvalue weighted by Crippen LogP contribution is -2.46. The first kappa shape index (κ1) is 21.7. The molecule has 3 aromatic rings. The highest BCUT2D eigenvalue weighted by Gasteiger charge is 2.58. The second-order valence-electron chi connectivity index (χ2n) is 7.94. The minimum absolute atomic E-state index is 0.0504. The lowest BCUT2D eigenvalue weighted by atomic mass is 9.89. The van der Waals surface area contributed by atoms with Gasteiger partial charge in [0.2, 0.25) is 20.0 Å². The van der Waals surface area contributed by atoms with Gasteiger partial charge < -0.3 is 0 Å². The summed E-state index contributed by atoms with van der Waals surface area (Å²) in [6.07, 6.45) is 0.293. The first-order chi connectivity index (χ1) is 15.1. The molecule has 1 aromatic heterocycles. The number of rotatable bonds is 4. The van der Waals surface area contributed by atoms with Crippen LogP contribution in [0.25, 0.3) is 0 Å². The molecule has 0 radical (unpaired) electrons. The fourth-order valence-electron chi connectivity index (χ4n) is 4.59. The molecule has 1 spiro atoms.